The molecule has 0 saturated carbocycles. The van der Waals surface area contributed by atoms with Crippen LogP contribution in [0.15, 0.2) is 24.3 Å². The summed E-state index contributed by atoms with van der Waals surface area (Å²) >= 11 is 0. The highest BCUT2D eigenvalue weighted by Gasteiger charge is 2.29. The molecule has 0 spiro atoms. The van der Waals surface area contributed by atoms with Crippen molar-refractivity contribution < 1.29 is 13.2 Å². The number of benzene rings is 1. The Morgan fingerprint density at radius 3 is 2.43 bits per heavy atom. The second-order valence-electron chi connectivity index (χ2n) is 4.98. The Morgan fingerprint density at radius 2 is 1.86 bits per heavy atom. The first-order valence-corrected chi connectivity index (χ1v) is 6.51. The van der Waals surface area contributed by atoms with Crippen LogP contribution in [0.4, 0.5) is 13.2 Å². The molecule has 0 radical (unpaired) electrons. The molecule has 114 valence electrons. The first-order valence-electron chi connectivity index (χ1n) is 6.51. The highest BCUT2D eigenvalue weighted by molar-refractivity contribution is 5.24. The van der Waals surface area contributed by atoms with Crippen molar-refractivity contribution in [2.75, 3.05) is 0 Å². The lowest BCUT2D eigenvalue weighted by Gasteiger charge is -2.10. The third-order valence-electron chi connectivity index (χ3n) is 2.89. The molecule has 8 heteroatoms. The molecule has 21 heavy (non-hydrogen) atoms. The molecule has 0 fully saturated rings. The molecule has 0 aliphatic rings. The van der Waals surface area contributed by atoms with Crippen molar-refractivity contribution in [2.24, 2.45) is 0 Å². The van der Waals surface area contributed by atoms with Gasteiger partial charge in [-0.1, -0.05) is 26.0 Å². The van der Waals surface area contributed by atoms with E-state index in [0.29, 0.717) is 30.5 Å². The van der Waals surface area contributed by atoms with Crippen LogP contribution in [0.5, 0.6) is 0 Å². The van der Waals surface area contributed by atoms with E-state index < -0.39 is 11.7 Å². The quantitative estimate of drug-likeness (QED) is 0.920. The summed E-state index contributed by atoms with van der Waals surface area (Å²) in [5.74, 6) is 0.642. The first-order chi connectivity index (χ1) is 9.86. The minimum Gasteiger partial charge on any atom is -0.308 e. The van der Waals surface area contributed by atoms with Crippen molar-refractivity contribution in [1.82, 2.24) is 25.5 Å². The van der Waals surface area contributed by atoms with Gasteiger partial charge in [0.25, 0.3) is 0 Å². The van der Waals surface area contributed by atoms with E-state index in [0.717, 1.165) is 12.1 Å². The molecule has 0 bridgehead atoms. The molecule has 1 aromatic heterocycles. The number of alkyl halides is 3. The number of hydrogen-bond donors (Lipinski definition) is 1. The summed E-state index contributed by atoms with van der Waals surface area (Å²) < 4.78 is 39.0. The van der Waals surface area contributed by atoms with Gasteiger partial charge in [-0.2, -0.15) is 13.2 Å². The molecular formula is C13H16F3N5. The number of nitrogens with one attached hydrogen (secondary N) is 1. The van der Waals surface area contributed by atoms with E-state index in [9.17, 15) is 13.2 Å². The van der Waals surface area contributed by atoms with E-state index in [1.807, 2.05) is 13.8 Å². The van der Waals surface area contributed by atoms with Crippen molar-refractivity contribution >= 4 is 0 Å². The average Bonchev–Trinajstić information content (AvgIpc) is 2.83. The predicted octanol–water partition coefficient (Wildman–Crippen LogP) is 2.24. The van der Waals surface area contributed by atoms with Gasteiger partial charge in [0, 0.05) is 6.04 Å². The molecule has 5 nitrogen and oxygen atoms in total. The van der Waals surface area contributed by atoms with Gasteiger partial charge in [-0.05, 0) is 28.1 Å². The van der Waals surface area contributed by atoms with Gasteiger partial charge < -0.3 is 5.32 Å². The molecule has 0 amide bonds. The summed E-state index contributed by atoms with van der Waals surface area (Å²) in [5, 5.41) is 14.5. The predicted molar refractivity (Wildman–Crippen MR) is 70.3 cm³/mol. The second-order valence-corrected chi connectivity index (χ2v) is 4.98. The highest BCUT2D eigenvalue weighted by atomic mass is 19.4. The van der Waals surface area contributed by atoms with Gasteiger partial charge in [0.1, 0.15) is 0 Å². The topological polar surface area (TPSA) is 55.6 Å². The Morgan fingerprint density at radius 1 is 1.19 bits per heavy atom. The van der Waals surface area contributed by atoms with Crippen LogP contribution in [-0.2, 0) is 19.3 Å². The number of tetrazole rings is 1. The van der Waals surface area contributed by atoms with E-state index in [2.05, 4.69) is 20.8 Å². The van der Waals surface area contributed by atoms with E-state index in [1.54, 1.807) is 4.68 Å². The lowest BCUT2D eigenvalue weighted by molar-refractivity contribution is -0.137. The third-order valence-corrected chi connectivity index (χ3v) is 2.89. The molecule has 1 aromatic carbocycles. The van der Waals surface area contributed by atoms with Crippen LogP contribution >= 0.6 is 0 Å². The van der Waals surface area contributed by atoms with Crippen molar-refractivity contribution in [3.05, 3.63) is 41.2 Å². The van der Waals surface area contributed by atoms with Gasteiger partial charge in [-0.25, -0.2) is 4.68 Å². The van der Waals surface area contributed by atoms with Gasteiger partial charge >= 0.3 is 6.18 Å². The van der Waals surface area contributed by atoms with E-state index in [-0.39, 0.29) is 0 Å². The molecular weight excluding hydrogens is 283 g/mol. The summed E-state index contributed by atoms with van der Waals surface area (Å²) in [6.45, 7) is 4.85. The molecule has 2 aromatic rings. The number of nitrogens with zero attached hydrogens (tertiary/aromatic N) is 4. The number of aromatic nitrogens is 4. The van der Waals surface area contributed by atoms with E-state index >= 15 is 0 Å². The zero-order valence-corrected chi connectivity index (χ0v) is 11.7. The van der Waals surface area contributed by atoms with Gasteiger partial charge in [0.05, 0.1) is 18.7 Å². The minimum atomic E-state index is -4.32. The number of rotatable bonds is 5. The fourth-order valence-electron chi connectivity index (χ4n) is 1.74. The SMILES string of the molecule is CC(C)NCc1nnnn1Cc1ccc(C(F)(F)F)cc1. The maximum Gasteiger partial charge on any atom is 0.416 e. The molecule has 2 rings (SSSR count). The van der Waals surface area contributed by atoms with E-state index in [4.69, 9.17) is 0 Å². The van der Waals surface area contributed by atoms with Gasteiger partial charge in [-0.15, -0.1) is 5.10 Å². The first kappa shape index (κ1) is 15.4. The maximum absolute atomic E-state index is 12.5. The molecule has 0 saturated heterocycles. The fraction of sp³-hybridized carbons (Fsp3) is 0.462. The molecule has 0 aliphatic heterocycles. The highest BCUT2D eigenvalue weighted by Crippen LogP contribution is 2.29. The standard InChI is InChI=1S/C13H16F3N5/c1-9(2)17-7-12-18-19-20-21(12)8-10-3-5-11(6-4-10)13(14,15)16/h3-6,9,17H,7-8H2,1-2H3. The van der Waals surface area contributed by atoms with Gasteiger partial charge in [-0.3, -0.25) is 0 Å². The van der Waals surface area contributed by atoms with Crippen molar-refractivity contribution in [2.45, 2.75) is 39.2 Å². The van der Waals surface area contributed by atoms with Crippen LogP contribution in [0.1, 0.15) is 30.8 Å². The third kappa shape index (κ3) is 4.25. The second kappa shape index (κ2) is 6.21. The smallest absolute Gasteiger partial charge is 0.308 e. The fourth-order valence-corrected chi connectivity index (χ4v) is 1.74. The lowest BCUT2D eigenvalue weighted by Crippen LogP contribution is -2.24. The summed E-state index contributed by atoms with van der Waals surface area (Å²) in [7, 11) is 0. The Bertz CT molecular complexity index is 574. The van der Waals surface area contributed by atoms with Crippen LogP contribution in [0, 0.1) is 0 Å². The average molecular weight is 299 g/mol. The minimum absolute atomic E-state index is 0.293. The summed E-state index contributed by atoms with van der Waals surface area (Å²) in [4.78, 5) is 0. The van der Waals surface area contributed by atoms with Crippen molar-refractivity contribution in [3.63, 3.8) is 0 Å². The van der Waals surface area contributed by atoms with Gasteiger partial charge in [0.2, 0.25) is 0 Å². The summed E-state index contributed by atoms with van der Waals surface area (Å²) in [6, 6.07) is 5.28. The van der Waals surface area contributed by atoms with Crippen LogP contribution in [-0.4, -0.2) is 26.2 Å². The molecule has 0 unspecified atom stereocenters. The van der Waals surface area contributed by atoms with Crippen LogP contribution in [0.25, 0.3) is 0 Å². The molecule has 1 N–H and O–H groups in total. The Kier molecular flexibility index (Phi) is 4.56. The molecule has 0 atom stereocenters. The monoisotopic (exact) mass is 299 g/mol. The number of halogens is 3. The maximum atomic E-state index is 12.5. The Hall–Kier alpha value is -1.96. The summed E-state index contributed by atoms with van der Waals surface area (Å²) in [6.07, 6.45) is -4.32. The zero-order valence-electron chi connectivity index (χ0n) is 11.7. The molecule has 0 aliphatic carbocycles. The molecule has 1 heterocycles. The van der Waals surface area contributed by atoms with E-state index in [1.165, 1.54) is 12.1 Å². The zero-order chi connectivity index (χ0) is 15.5. The van der Waals surface area contributed by atoms with Crippen LogP contribution in [0.3, 0.4) is 0 Å². The normalized spacial score (nSPS) is 12.1. The van der Waals surface area contributed by atoms with Gasteiger partial charge in [0.15, 0.2) is 5.82 Å². The van der Waals surface area contributed by atoms with Crippen molar-refractivity contribution in [3.8, 4) is 0 Å². The largest absolute Gasteiger partial charge is 0.416 e. The van der Waals surface area contributed by atoms with Crippen LogP contribution in [0.2, 0.25) is 0 Å². The number of hydrogen-bond acceptors (Lipinski definition) is 4. The summed E-state index contributed by atoms with van der Waals surface area (Å²) in [5.41, 5.74) is 0.0470. The Labute approximate surface area is 120 Å². The lowest BCUT2D eigenvalue weighted by atomic mass is 10.1. The Balaban J connectivity index is 2.07. The van der Waals surface area contributed by atoms with Crippen LogP contribution < -0.4 is 5.32 Å². The van der Waals surface area contributed by atoms with Crippen molar-refractivity contribution in [1.29, 1.82) is 0 Å².